The van der Waals surface area contributed by atoms with Crippen molar-refractivity contribution in [3.8, 4) is 0 Å². The number of nitrogen functional groups attached to an aromatic ring is 1. The van der Waals surface area contributed by atoms with Gasteiger partial charge in [0, 0.05) is 5.69 Å². The molecule has 0 saturated carbocycles. The Bertz CT molecular complexity index is 946. The molecule has 0 amide bonds. The summed E-state index contributed by atoms with van der Waals surface area (Å²) in [5.41, 5.74) is 9.39. The van der Waals surface area contributed by atoms with Gasteiger partial charge in [0.15, 0.2) is 0 Å². The van der Waals surface area contributed by atoms with E-state index in [0.29, 0.717) is 13.2 Å². The van der Waals surface area contributed by atoms with Gasteiger partial charge in [-0.05, 0) is 47.8 Å². The standard InChI is InChI=1S/C25H27NO4/c26-24-11-4-3-7-19(24)8-5-6-16-29-22-12-14-23(15-13-22)30-18-21-10-2-1-9-20(21)17-25(27)28/h1-5,7-14,23H,6,15-18,26H2,(H,27,28)/b8-5-. The van der Waals surface area contributed by atoms with Crippen LogP contribution < -0.4 is 5.73 Å². The average molecular weight is 405 g/mol. The SMILES string of the molecule is Nc1ccccc1/C=C\CCOC1=CCC(OCc2ccccc2CC(=O)O)C=C1. The number of carboxylic acid groups (broad SMARTS) is 1. The Morgan fingerprint density at radius 2 is 1.90 bits per heavy atom. The molecule has 0 bridgehead atoms. The van der Waals surface area contributed by atoms with Crippen molar-refractivity contribution >= 4 is 17.7 Å². The molecule has 3 rings (SSSR count). The lowest BCUT2D eigenvalue weighted by Gasteiger charge is -2.18. The number of anilines is 1. The van der Waals surface area contributed by atoms with E-state index in [9.17, 15) is 4.79 Å². The zero-order chi connectivity index (χ0) is 21.2. The van der Waals surface area contributed by atoms with E-state index in [1.165, 1.54) is 0 Å². The summed E-state index contributed by atoms with van der Waals surface area (Å²) >= 11 is 0. The summed E-state index contributed by atoms with van der Waals surface area (Å²) in [6.07, 6.45) is 11.5. The van der Waals surface area contributed by atoms with Crippen molar-refractivity contribution in [2.24, 2.45) is 0 Å². The lowest BCUT2D eigenvalue weighted by molar-refractivity contribution is -0.136. The van der Waals surface area contributed by atoms with Crippen LogP contribution in [0.4, 0.5) is 5.69 Å². The van der Waals surface area contributed by atoms with E-state index in [2.05, 4.69) is 6.08 Å². The highest BCUT2D eigenvalue weighted by Gasteiger charge is 2.12. The molecule has 5 nitrogen and oxygen atoms in total. The molecule has 0 heterocycles. The monoisotopic (exact) mass is 405 g/mol. The van der Waals surface area contributed by atoms with Crippen LogP contribution in [0, 0.1) is 0 Å². The van der Waals surface area contributed by atoms with Crippen molar-refractivity contribution in [2.45, 2.75) is 32.0 Å². The maximum Gasteiger partial charge on any atom is 0.307 e. The third kappa shape index (κ3) is 6.64. The van der Waals surface area contributed by atoms with E-state index in [0.717, 1.165) is 41.0 Å². The number of benzene rings is 2. The number of allylic oxidation sites excluding steroid dienone is 1. The van der Waals surface area contributed by atoms with Gasteiger partial charge >= 0.3 is 5.97 Å². The maximum atomic E-state index is 11.0. The van der Waals surface area contributed by atoms with E-state index in [4.69, 9.17) is 20.3 Å². The number of hydrogen-bond donors (Lipinski definition) is 2. The number of rotatable bonds is 10. The maximum absolute atomic E-state index is 11.0. The molecule has 0 fully saturated rings. The Kier molecular flexibility index (Phi) is 7.86. The smallest absolute Gasteiger partial charge is 0.307 e. The number of aliphatic carboxylic acids is 1. The quantitative estimate of drug-likeness (QED) is 0.441. The van der Waals surface area contributed by atoms with Gasteiger partial charge in [-0.3, -0.25) is 4.79 Å². The number of ether oxygens (including phenoxy) is 2. The minimum Gasteiger partial charge on any atom is -0.494 e. The molecule has 156 valence electrons. The Morgan fingerprint density at radius 1 is 1.13 bits per heavy atom. The van der Waals surface area contributed by atoms with Crippen LogP contribution in [-0.2, 0) is 27.3 Å². The highest BCUT2D eigenvalue weighted by molar-refractivity contribution is 5.70. The second-order valence-corrected chi connectivity index (χ2v) is 7.06. The molecular weight excluding hydrogens is 378 g/mol. The fourth-order valence-electron chi connectivity index (χ4n) is 3.16. The lowest BCUT2D eigenvalue weighted by atomic mass is 10.1. The Morgan fingerprint density at radius 3 is 2.63 bits per heavy atom. The molecule has 5 heteroatoms. The van der Waals surface area contributed by atoms with Crippen molar-refractivity contribution in [2.75, 3.05) is 12.3 Å². The van der Waals surface area contributed by atoms with Crippen molar-refractivity contribution in [1.29, 1.82) is 0 Å². The Hall–Kier alpha value is -3.31. The highest BCUT2D eigenvalue weighted by Crippen LogP contribution is 2.18. The van der Waals surface area contributed by atoms with Crippen LogP contribution in [0.5, 0.6) is 0 Å². The van der Waals surface area contributed by atoms with Gasteiger partial charge in [0.2, 0.25) is 0 Å². The summed E-state index contributed by atoms with van der Waals surface area (Å²) in [7, 11) is 0. The van der Waals surface area contributed by atoms with Crippen molar-refractivity contribution in [3.05, 3.63) is 95.3 Å². The molecule has 0 spiro atoms. The second-order valence-electron chi connectivity index (χ2n) is 7.06. The molecule has 0 saturated heterocycles. The fourth-order valence-corrected chi connectivity index (χ4v) is 3.16. The van der Waals surface area contributed by atoms with Crippen LogP contribution >= 0.6 is 0 Å². The molecule has 0 aromatic heterocycles. The molecule has 1 aliphatic rings. The zero-order valence-electron chi connectivity index (χ0n) is 16.9. The first-order chi connectivity index (χ1) is 14.6. The molecule has 2 aromatic rings. The fraction of sp³-hybridized carbons (Fsp3) is 0.240. The van der Waals surface area contributed by atoms with Crippen molar-refractivity contribution in [1.82, 2.24) is 0 Å². The summed E-state index contributed by atoms with van der Waals surface area (Å²) in [4.78, 5) is 11.0. The number of para-hydroxylation sites is 1. The normalized spacial score (nSPS) is 15.9. The average Bonchev–Trinajstić information content (AvgIpc) is 2.74. The molecule has 3 N–H and O–H groups in total. The molecular formula is C25H27NO4. The van der Waals surface area contributed by atoms with Gasteiger partial charge in [-0.1, -0.05) is 60.7 Å². The van der Waals surface area contributed by atoms with Crippen molar-refractivity contribution in [3.63, 3.8) is 0 Å². The van der Waals surface area contributed by atoms with Gasteiger partial charge < -0.3 is 20.3 Å². The molecule has 2 aromatic carbocycles. The first kappa shape index (κ1) is 21.4. The number of carbonyl (C=O) groups is 1. The summed E-state index contributed by atoms with van der Waals surface area (Å²) in [6.45, 7) is 0.976. The molecule has 0 aliphatic heterocycles. The summed E-state index contributed by atoms with van der Waals surface area (Å²) in [5.74, 6) is 0.000528. The lowest BCUT2D eigenvalue weighted by Crippen LogP contribution is -2.13. The topological polar surface area (TPSA) is 81.8 Å². The second kappa shape index (κ2) is 11.0. The van der Waals surface area contributed by atoms with E-state index < -0.39 is 5.97 Å². The van der Waals surface area contributed by atoms with Gasteiger partial charge in [-0.15, -0.1) is 0 Å². The third-order valence-electron chi connectivity index (χ3n) is 4.79. The number of carboxylic acids is 1. The van der Waals surface area contributed by atoms with E-state index >= 15 is 0 Å². The van der Waals surface area contributed by atoms with Crippen LogP contribution in [0.3, 0.4) is 0 Å². The number of nitrogens with two attached hydrogens (primary N) is 1. The number of hydrogen-bond acceptors (Lipinski definition) is 4. The zero-order valence-corrected chi connectivity index (χ0v) is 16.9. The van der Waals surface area contributed by atoms with E-state index in [-0.39, 0.29) is 12.5 Å². The van der Waals surface area contributed by atoms with Crippen LogP contribution in [0.1, 0.15) is 29.5 Å². The van der Waals surface area contributed by atoms with E-state index in [1.54, 1.807) is 0 Å². The first-order valence-corrected chi connectivity index (χ1v) is 10.0. The third-order valence-corrected chi connectivity index (χ3v) is 4.79. The molecule has 0 radical (unpaired) electrons. The minimum atomic E-state index is -0.841. The van der Waals surface area contributed by atoms with Gasteiger partial charge in [-0.2, -0.15) is 0 Å². The summed E-state index contributed by atoms with van der Waals surface area (Å²) in [6, 6.07) is 15.2. The van der Waals surface area contributed by atoms with Crippen LogP contribution in [-0.4, -0.2) is 23.8 Å². The minimum absolute atomic E-state index is 0.00322. The van der Waals surface area contributed by atoms with Gasteiger partial charge in [0.05, 0.1) is 25.7 Å². The molecule has 1 atom stereocenters. The molecule has 1 unspecified atom stereocenters. The summed E-state index contributed by atoms with van der Waals surface area (Å²) in [5, 5.41) is 9.03. The van der Waals surface area contributed by atoms with Crippen LogP contribution in [0.25, 0.3) is 6.08 Å². The molecule has 1 aliphatic carbocycles. The predicted octanol–water partition coefficient (Wildman–Crippen LogP) is 4.75. The van der Waals surface area contributed by atoms with Crippen molar-refractivity contribution < 1.29 is 19.4 Å². The predicted molar refractivity (Wildman–Crippen MR) is 119 cm³/mol. The first-order valence-electron chi connectivity index (χ1n) is 10.0. The van der Waals surface area contributed by atoms with E-state index in [1.807, 2.05) is 72.8 Å². The summed E-state index contributed by atoms with van der Waals surface area (Å²) < 4.78 is 11.7. The van der Waals surface area contributed by atoms with Gasteiger partial charge in [-0.25, -0.2) is 0 Å². The van der Waals surface area contributed by atoms with Crippen LogP contribution in [0.15, 0.2) is 78.6 Å². The highest BCUT2D eigenvalue weighted by atomic mass is 16.5. The Balaban J connectivity index is 1.39. The van der Waals surface area contributed by atoms with Crippen LogP contribution in [0.2, 0.25) is 0 Å². The Labute approximate surface area is 177 Å². The molecule has 30 heavy (non-hydrogen) atoms. The largest absolute Gasteiger partial charge is 0.494 e. The van der Waals surface area contributed by atoms with Gasteiger partial charge in [0.25, 0.3) is 0 Å². The van der Waals surface area contributed by atoms with Gasteiger partial charge in [0.1, 0.15) is 5.76 Å².